The summed E-state index contributed by atoms with van der Waals surface area (Å²) in [6, 6.07) is 3.56. The van der Waals surface area contributed by atoms with E-state index in [4.69, 9.17) is 20.4 Å². The molecular weight excluding hydrogens is 254 g/mol. The van der Waals surface area contributed by atoms with Crippen LogP contribution in [0.5, 0.6) is 0 Å². The molecule has 4 nitrogen and oxygen atoms in total. The largest absolute Gasteiger partial charge is 0.464 e. The summed E-state index contributed by atoms with van der Waals surface area (Å²) in [6.07, 6.45) is 2.44. The summed E-state index contributed by atoms with van der Waals surface area (Å²) >= 11 is 6.26. The monoisotopic (exact) mass is 265 g/mol. The number of nitrogens with one attached hydrogen (secondary N) is 1. The second-order valence-electron chi connectivity index (χ2n) is 4.13. The summed E-state index contributed by atoms with van der Waals surface area (Å²) in [5.41, 5.74) is 1.89. The maximum Gasteiger partial charge on any atom is 0.153 e. The van der Waals surface area contributed by atoms with Gasteiger partial charge in [0.1, 0.15) is 5.58 Å². The Hall–Kier alpha value is -1.49. The topological polar surface area (TPSA) is 58.5 Å². The van der Waals surface area contributed by atoms with Crippen LogP contribution < -0.4 is 5.32 Å². The van der Waals surface area contributed by atoms with Crippen LogP contribution in [0.25, 0.3) is 21.9 Å². The molecule has 5 heteroatoms. The van der Waals surface area contributed by atoms with Gasteiger partial charge in [-0.25, -0.2) is 0 Å². The Morgan fingerprint density at radius 1 is 1.22 bits per heavy atom. The number of fused-ring (bicyclic) bond motifs is 2. The summed E-state index contributed by atoms with van der Waals surface area (Å²) < 4.78 is 10.9. The molecule has 1 unspecified atom stereocenters. The van der Waals surface area contributed by atoms with Gasteiger partial charge < -0.3 is 19.3 Å². The molecule has 94 valence electrons. The van der Waals surface area contributed by atoms with E-state index in [-0.39, 0.29) is 0 Å². The van der Waals surface area contributed by atoms with Crippen LogP contribution in [0.2, 0.25) is 5.02 Å². The fourth-order valence-electron chi connectivity index (χ4n) is 2.25. The van der Waals surface area contributed by atoms with Crippen molar-refractivity contribution in [3.8, 4) is 0 Å². The molecular formula is C13H12ClNO3. The van der Waals surface area contributed by atoms with Crippen LogP contribution in [0.3, 0.4) is 0 Å². The fraction of sp³-hybridized carbons (Fsp3) is 0.231. The zero-order valence-corrected chi connectivity index (χ0v) is 10.5. The average molecular weight is 266 g/mol. The first kappa shape index (κ1) is 11.6. The Morgan fingerprint density at radius 3 is 2.61 bits per heavy atom. The van der Waals surface area contributed by atoms with E-state index in [1.807, 2.05) is 0 Å². The first-order chi connectivity index (χ1) is 8.74. The molecule has 2 N–H and O–H groups in total. The molecule has 0 fully saturated rings. The number of benzene rings is 1. The molecule has 1 aromatic carbocycles. The minimum atomic E-state index is -0.680. The summed E-state index contributed by atoms with van der Waals surface area (Å²) in [7, 11) is 1.78. The lowest BCUT2D eigenvalue weighted by atomic mass is 10.0. The number of aliphatic hydroxyl groups is 1. The standard InChI is InChI=1S/C13H12ClNO3/c1-15-6-9(16)10-7-2-4-18-13(7)11(14)8-3-5-17-12(8)10/h2-5,9,15-16H,6H2,1H3. The van der Waals surface area contributed by atoms with Crippen LogP contribution in [-0.4, -0.2) is 18.7 Å². The summed E-state index contributed by atoms with van der Waals surface area (Å²) in [4.78, 5) is 0. The van der Waals surface area contributed by atoms with Crippen LogP contribution in [0, 0.1) is 0 Å². The number of hydrogen-bond acceptors (Lipinski definition) is 4. The summed E-state index contributed by atoms with van der Waals surface area (Å²) in [6.45, 7) is 0.428. The lowest BCUT2D eigenvalue weighted by Gasteiger charge is -2.12. The number of halogens is 1. The lowest BCUT2D eigenvalue weighted by molar-refractivity contribution is 0.179. The number of aliphatic hydroxyl groups excluding tert-OH is 1. The highest BCUT2D eigenvalue weighted by molar-refractivity contribution is 6.40. The highest BCUT2D eigenvalue weighted by atomic mass is 35.5. The van der Waals surface area contributed by atoms with Gasteiger partial charge in [-0.1, -0.05) is 11.6 Å². The third-order valence-corrected chi connectivity index (χ3v) is 3.41. The van der Waals surface area contributed by atoms with Gasteiger partial charge in [0.2, 0.25) is 0 Å². The van der Waals surface area contributed by atoms with E-state index in [2.05, 4.69) is 5.32 Å². The van der Waals surface area contributed by atoms with Crippen LogP contribution in [0.15, 0.2) is 33.5 Å². The zero-order chi connectivity index (χ0) is 12.7. The predicted octanol–water partition coefficient (Wildman–Crippen LogP) is 3.09. The Balaban J connectivity index is 2.40. The quantitative estimate of drug-likeness (QED) is 0.764. The van der Waals surface area contributed by atoms with E-state index >= 15 is 0 Å². The third-order valence-electron chi connectivity index (χ3n) is 3.03. The summed E-state index contributed by atoms with van der Waals surface area (Å²) in [5, 5.41) is 15.2. The molecule has 0 amide bonds. The smallest absolute Gasteiger partial charge is 0.153 e. The number of furan rings is 2. The molecule has 2 heterocycles. The van der Waals surface area contributed by atoms with E-state index in [0.717, 1.165) is 10.8 Å². The molecule has 0 aliphatic rings. The van der Waals surface area contributed by atoms with Crippen molar-refractivity contribution in [3.05, 3.63) is 35.2 Å². The molecule has 18 heavy (non-hydrogen) atoms. The normalized spacial score (nSPS) is 13.5. The van der Waals surface area contributed by atoms with E-state index < -0.39 is 6.10 Å². The van der Waals surface area contributed by atoms with Gasteiger partial charge in [-0.2, -0.15) is 0 Å². The van der Waals surface area contributed by atoms with Gasteiger partial charge in [-0.05, 0) is 19.2 Å². The number of likely N-dealkylation sites (N-methyl/N-ethyl adjacent to an activating group) is 1. The Labute approximate surface area is 108 Å². The van der Waals surface area contributed by atoms with Gasteiger partial charge in [-0.15, -0.1) is 0 Å². The van der Waals surface area contributed by atoms with Crippen molar-refractivity contribution in [1.82, 2.24) is 5.32 Å². The van der Waals surface area contributed by atoms with Crippen molar-refractivity contribution in [2.24, 2.45) is 0 Å². The van der Waals surface area contributed by atoms with Crippen molar-refractivity contribution in [2.75, 3.05) is 13.6 Å². The molecule has 0 spiro atoms. The minimum Gasteiger partial charge on any atom is -0.464 e. The highest BCUT2D eigenvalue weighted by Crippen LogP contribution is 2.39. The number of hydrogen-bond donors (Lipinski definition) is 2. The maximum absolute atomic E-state index is 10.2. The van der Waals surface area contributed by atoms with Gasteiger partial charge >= 0.3 is 0 Å². The molecule has 0 aliphatic heterocycles. The Morgan fingerprint density at radius 2 is 1.89 bits per heavy atom. The van der Waals surface area contributed by atoms with Gasteiger partial charge in [0.25, 0.3) is 0 Å². The first-order valence-corrected chi connectivity index (χ1v) is 6.00. The van der Waals surface area contributed by atoms with Gasteiger partial charge in [0.15, 0.2) is 5.58 Å². The maximum atomic E-state index is 10.2. The molecule has 0 saturated carbocycles. The average Bonchev–Trinajstić information content (AvgIpc) is 2.97. The zero-order valence-electron chi connectivity index (χ0n) is 9.74. The molecule has 1 atom stereocenters. The SMILES string of the molecule is CNCC(O)c1c2ccoc2c(Cl)c2ccoc12. The van der Waals surface area contributed by atoms with Crippen LogP contribution in [0.4, 0.5) is 0 Å². The molecule has 3 rings (SSSR count). The second kappa shape index (κ2) is 4.31. The van der Waals surface area contributed by atoms with E-state index in [1.165, 1.54) is 0 Å². The molecule has 3 aromatic rings. The van der Waals surface area contributed by atoms with Crippen molar-refractivity contribution in [1.29, 1.82) is 0 Å². The van der Waals surface area contributed by atoms with E-state index in [0.29, 0.717) is 28.3 Å². The van der Waals surface area contributed by atoms with Crippen LogP contribution in [0.1, 0.15) is 11.7 Å². The highest BCUT2D eigenvalue weighted by Gasteiger charge is 2.22. The Bertz CT molecular complexity index is 649. The lowest BCUT2D eigenvalue weighted by Crippen LogP contribution is -2.17. The first-order valence-electron chi connectivity index (χ1n) is 5.62. The van der Waals surface area contributed by atoms with Crippen molar-refractivity contribution in [3.63, 3.8) is 0 Å². The van der Waals surface area contributed by atoms with Crippen molar-refractivity contribution >= 4 is 33.5 Å². The summed E-state index contributed by atoms with van der Waals surface area (Å²) in [5.74, 6) is 0. The van der Waals surface area contributed by atoms with Gasteiger partial charge in [0, 0.05) is 22.9 Å². The fourth-order valence-corrected chi connectivity index (χ4v) is 2.55. The molecule has 2 aromatic heterocycles. The second-order valence-corrected chi connectivity index (χ2v) is 4.51. The molecule has 0 aliphatic carbocycles. The predicted molar refractivity (Wildman–Crippen MR) is 69.9 cm³/mol. The van der Waals surface area contributed by atoms with Gasteiger partial charge in [-0.3, -0.25) is 0 Å². The van der Waals surface area contributed by atoms with E-state index in [1.54, 1.807) is 31.7 Å². The molecule has 0 radical (unpaired) electrons. The van der Waals surface area contributed by atoms with Crippen molar-refractivity contribution < 1.29 is 13.9 Å². The van der Waals surface area contributed by atoms with Crippen LogP contribution in [-0.2, 0) is 0 Å². The van der Waals surface area contributed by atoms with E-state index in [9.17, 15) is 5.11 Å². The molecule has 0 bridgehead atoms. The minimum absolute atomic E-state index is 0.428. The number of rotatable bonds is 3. The third kappa shape index (κ3) is 1.54. The van der Waals surface area contributed by atoms with Gasteiger partial charge in [0.05, 0.1) is 23.7 Å². The van der Waals surface area contributed by atoms with Crippen LogP contribution >= 0.6 is 11.6 Å². The molecule has 0 saturated heterocycles. The van der Waals surface area contributed by atoms with Crippen molar-refractivity contribution in [2.45, 2.75) is 6.10 Å². The Kier molecular flexibility index (Phi) is 2.78.